The Morgan fingerprint density at radius 3 is 2.38 bits per heavy atom. The summed E-state index contributed by atoms with van der Waals surface area (Å²) in [6.45, 7) is 1.14. The van der Waals surface area contributed by atoms with Gasteiger partial charge in [-0.2, -0.15) is 0 Å². The van der Waals surface area contributed by atoms with E-state index in [1.807, 2.05) is 0 Å². The Labute approximate surface area is 80.7 Å². The molecule has 0 saturated heterocycles. The second-order valence-corrected chi connectivity index (χ2v) is 4.66. The third kappa shape index (κ3) is 2.44. The van der Waals surface area contributed by atoms with E-state index in [9.17, 15) is 5.11 Å². The van der Waals surface area contributed by atoms with Crippen molar-refractivity contribution in [1.82, 2.24) is 5.32 Å². The molecule has 2 rings (SSSR count). The lowest BCUT2D eigenvalue weighted by Crippen LogP contribution is -2.38. The molecule has 2 fully saturated rings. The minimum Gasteiger partial charge on any atom is -0.392 e. The average molecular weight is 183 g/mol. The summed E-state index contributed by atoms with van der Waals surface area (Å²) in [5.74, 6) is 0.896. The normalized spacial score (nSPS) is 35.8. The van der Waals surface area contributed by atoms with Gasteiger partial charge in [-0.05, 0) is 44.6 Å². The molecule has 0 bridgehead atoms. The highest BCUT2D eigenvalue weighted by Gasteiger charge is 2.25. The molecular formula is C11H21NO. The van der Waals surface area contributed by atoms with E-state index in [1.54, 1.807) is 0 Å². The molecule has 2 aliphatic carbocycles. The molecular weight excluding hydrogens is 162 g/mol. The van der Waals surface area contributed by atoms with Crippen molar-refractivity contribution in [2.75, 3.05) is 6.54 Å². The fourth-order valence-electron chi connectivity index (χ4n) is 2.71. The first-order valence-corrected chi connectivity index (χ1v) is 5.78. The van der Waals surface area contributed by atoms with Crippen LogP contribution in [0.1, 0.15) is 44.9 Å². The van der Waals surface area contributed by atoms with Gasteiger partial charge in [0.25, 0.3) is 0 Å². The molecule has 76 valence electrons. The van der Waals surface area contributed by atoms with E-state index in [0.29, 0.717) is 6.04 Å². The summed E-state index contributed by atoms with van der Waals surface area (Å²) < 4.78 is 0. The third-order valence-corrected chi connectivity index (χ3v) is 3.62. The molecule has 2 N–H and O–H groups in total. The molecule has 2 heteroatoms. The monoisotopic (exact) mass is 183 g/mol. The van der Waals surface area contributed by atoms with Gasteiger partial charge < -0.3 is 10.4 Å². The van der Waals surface area contributed by atoms with Gasteiger partial charge in [-0.15, -0.1) is 0 Å². The lowest BCUT2D eigenvalue weighted by Gasteiger charge is -2.19. The maximum Gasteiger partial charge on any atom is 0.0693 e. The van der Waals surface area contributed by atoms with E-state index in [4.69, 9.17) is 0 Å². The number of aliphatic hydroxyl groups is 1. The van der Waals surface area contributed by atoms with Crippen molar-refractivity contribution in [2.24, 2.45) is 5.92 Å². The molecule has 0 aromatic rings. The Balaban J connectivity index is 1.66. The molecule has 0 aromatic carbocycles. The molecule has 0 aromatic heterocycles. The SMILES string of the molecule is O[C@@H]1CCC[C@H]1NCC1CCCC1. The second-order valence-electron chi connectivity index (χ2n) is 4.66. The zero-order chi connectivity index (χ0) is 9.10. The first-order valence-electron chi connectivity index (χ1n) is 5.78. The summed E-state index contributed by atoms with van der Waals surface area (Å²) in [6.07, 6.45) is 8.94. The molecule has 2 aliphatic rings. The topological polar surface area (TPSA) is 32.3 Å². The first-order chi connectivity index (χ1) is 6.36. The van der Waals surface area contributed by atoms with E-state index in [1.165, 1.54) is 38.5 Å². The van der Waals surface area contributed by atoms with Gasteiger partial charge in [-0.1, -0.05) is 12.8 Å². The highest BCUT2D eigenvalue weighted by atomic mass is 16.3. The van der Waals surface area contributed by atoms with Gasteiger partial charge in [0.05, 0.1) is 6.10 Å². The maximum absolute atomic E-state index is 9.60. The van der Waals surface area contributed by atoms with Crippen molar-refractivity contribution < 1.29 is 5.11 Å². The van der Waals surface area contributed by atoms with Crippen LogP contribution in [-0.4, -0.2) is 23.8 Å². The number of nitrogens with one attached hydrogen (secondary N) is 1. The van der Waals surface area contributed by atoms with E-state index < -0.39 is 0 Å². The molecule has 0 heterocycles. The Morgan fingerprint density at radius 1 is 1.00 bits per heavy atom. The van der Waals surface area contributed by atoms with Crippen molar-refractivity contribution in [1.29, 1.82) is 0 Å². The predicted octanol–water partition coefficient (Wildman–Crippen LogP) is 1.68. The highest BCUT2D eigenvalue weighted by Crippen LogP contribution is 2.25. The average Bonchev–Trinajstić information content (AvgIpc) is 2.72. The van der Waals surface area contributed by atoms with Crippen molar-refractivity contribution in [3.63, 3.8) is 0 Å². The van der Waals surface area contributed by atoms with Crippen LogP contribution in [-0.2, 0) is 0 Å². The lowest BCUT2D eigenvalue weighted by atomic mass is 10.1. The molecule has 0 radical (unpaired) electrons. The van der Waals surface area contributed by atoms with Crippen molar-refractivity contribution in [3.05, 3.63) is 0 Å². The zero-order valence-corrected chi connectivity index (χ0v) is 8.34. The van der Waals surface area contributed by atoms with Crippen LogP contribution in [0.2, 0.25) is 0 Å². The van der Waals surface area contributed by atoms with Crippen LogP contribution in [0, 0.1) is 5.92 Å². The minimum absolute atomic E-state index is 0.0681. The van der Waals surface area contributed by atoms with Crippen molar-refractivity contribution in [3.8, 4) is 0 Å². The van der Waals surface area contributed by atoms with Gasteiger partial charge in [0, 0.05) is 6.04 Å². The third-order valence-electron chi connectivity index (χ3n) is 3.62. The first kappa shape index (κ1) is 9.47. The van der Waals surface area contributed by atoms with Gasteiger partial charge in [0.2, 0.25) is 0 Å². The molecule has 0 amide bonds. The molecule has 2 saturated carbocycles. The van der Waals surface area contributed by atoms with Crippen LogP contribution in [0.4, 0.5) is 0 Å². The summed E-state index contributed by atoms with van der Waals surface area (Å²) in [5.41, 5.74) is 0. The predicted molar refractivity (Wildman–Crippen MR) is 53.6 cm³/mol. The van der Waals surface area contributed by atoms with Gasteiger partial charge >= 0.3 is 0 Å². The summed E-state index contributed by atoms with van der Waals surface area (Å²) in [4.78, 5) is 0. The zero-order valence-electron chi connectivity index (χ0n) is 8.34. The number of aliphatic hydroxyl groups excluding tert-OH is 1. The molecule has 0 spiro atoms. The lowest BCUT2D eigenvalue weighted by molar-refractivity contribution is 0.147. The number of rotatable bonds is 3. The van der Waals surface area contributed by atoms with Crippen molar-refractivity contribution in [2.45, 2.75) is 57.1 Å². The smallest absolute Gasteiger partial charge is 0.0693 e. The maximum atomic E-state index is 9.60. The van der Waals surface area contributed by atoms with Crippen LogP contribution in [0.5, 0.6) is 0 Å². The van der Waals surface area contributed by atoms with Crippen LogP contribution < -0.4 is 5.32 Å². The van der Waals surface area contributed by atoms with E-state index >= 15 is 0 Å². The summed E-state index contributed by atoms with van der Waals surface area (Å²) >= 11 is 0. The molecule has 2 atom stereocenters. The Kier molecular flexibility index (Phi) is 3.23. The van der Waals surface area contributed by atoms with Gasteiger partial charge in [-0.25, -0.2) is 0 Å². The van der Waals surface area contributed by atoms with E-state index in [0.717, 1.165) is 18.9 Å². The largest absolute Gasteiger partial charge is 0.392 e. The Morgan fingerprint density at radius 2 is 1.77 bits per heavy atom. The molecule has 13 heavy (non-hydrogen) atoms. The van der Waals surface area contributed by atoms with Gasteiger partial charge in [0.1, 0.15) is 0 Å². The minimum atomic E-state index is -0.0681. The van der Waals surface area contributed by atoms with Crippen molar-refractivity contribution >= 4 is 0 Å². The van der Waals surface area contributed by atoms with E-state index in [-0.39, 0.29) is 6.10 Å². The summed E-state index contributed by atoms with van der Waals surface area (Å²) in [5, 5.41) is 13.1. The van der Waals surface area contributed by atoms with Gasteiger partial charge in [0.15, 0.2) is 0 Å². The van der Waals surface area contributed by atoms with Gasteiger partial charge in [-0.3, -0.25) is 0 Å². The summed E-state index contributed by atoms with van der Waals surface area (Å²) in [7, 11) is 0. The fourth-order valence-corrected chi connectivity index (χ4v) is 2.71. The second kappa shape index (κ2) is 4.43. The standard InChI is InChI=1S/C11H21NO/c13-11-7-3-6-10(11)12-8-9-4-1-2-5-9/h9-13H,1-8H2/t10-,11-/m1/s1. The highest BCUT2D eigenvalue weighted by molar-refractivity contribution is 4.83. The van der Waals surface area contributed by atoms with Crippen LogP contribution in [0.3, 0.4) is 0 Å². The van der Waals surface area contributed by atoms with Crippen LogP contribution in [0.25, 0.3) is 0 Å². The van der Waals surface area contributed by atoms with E-state index in [2.05, 4.69) is 5.32 Å². The number of hydrogen-bond acceptors (Lipinski definition) is 2. The van der Waals surface area contributed by atoms with Crippen LogP contribution in [0.15, 0.2) is 0 Å². The fraction of sp³-hybridized carbons (Fsp3) is 1.00. The van der Waals surface area contributed by atoms with Crippen LogP contribution >= 0.6 is 0 Å². The molecule has 0 unspecified atom stereocenters. The quantitative estimate of drug-likeness (QED) is 0.697. The summed E-state index contributed by atoms with van der Waals surface area (Å²) in [6, 6.07) is 0.403. The Hall–Kier alpha value is -0.0800. The Bertz CT molecular complexity index is 154. The number of hydrogen-bond donors (Lipinski definition) is 2. The molecule has 2 nitrogen and oxygen atoms in total. The molecule has 0 aliphatic heterocycles.